The number of ether oxygens (including phenoxy) is 2. The van der Waals surface area contributed by atoms with Crippen LogP contribution < -0.4 is 15.0 Å². The van der Waals surface area contributed by atoms with Gasteiger partial charge >= 0.3 is 5.97 Å². The topological polar surface area (TPSA) is 71.1 Å². The quantitative estimate of drug-likeness (QED) is 0.651. The molecule has 31 heavy (non-hydrogen) atoms. The maximum absolute atomic E-state index is 13.1. The molecule has 3 rings (SSSR count). The van der Waals surface area contributed by atoms with Crippen molar-refractivity contribution in [2.45, 2.75) is 13.8 Å². The van der Waals surface area contributed by atoms with Gasteiger partial charge in [0.25, 0.3) is 5.91 Å². The van der Waals surface area contributed by atoms with Crippen molar-refractivity contribution in [3.8, 4) is 5.75 Å². The highest BCUT2D eigenvalue weighted by molar-refractivity contribution is 6.31. The van der Waals surface area contributed by atoms with Crippen LogP contribution in [-0.2, 0) is 4.74 Å². The first-order chi connectivity index (χ1) is 15.0. The van der Waals surface area contributed by atoms with Gasteiger partial charge < -0.3 is 24.6 Å². The van der Waals surface area contributed by atoms with Crippen molar-refractivity contribution in [1.29, 1.82) is 0 Å². The molecular formula is C23H28ClN3O4. The number of carbonyl (C=O) groups is 2. The first-order valence-corrected chi connectivity index (χ1v) is 10.8. The SMILES string of the molecule is CCOC(=O)c1ccc(N2CCN(CC)CC2)c(NC(=O)c2cc(Cl)ccc2OC)c1. The molecule has 1 aliphatic heterocycles. The minimum Gasteiger partial charge on any atom is -0.496 e. The van der Waals surface area contributed by atoms with E-state index < -0.39 is 5.97 Å². The fourth-order valence-corrected chi connectivity index (χ4v) is 3.78. The Morgan fingerprint density at radius 1 is 1.06 bits per heavy atom. The first-order valence-electron chi connectivity index (χ1n) is 10.4. The van der Waals surface area contributed by atoms with E-state index in [9.17, 15) is 9.59 Å². The molecule has 8 heteroatoms. The van der Waals surface area contributed by atoms with Crippen LogP contribution in [0.2, 0.25) is 5.02 Å². The highest BCUT2D eigenvalue weighted by Gasteiger charge is 2.22. The number of hydrogen-bond donors (Lipinski definition) is 1. The number of hydrogen-bond acceptors (Lipinski definition) is 6. The fourth-order valence-electron chi connectivity index (χ4n) is 3.61. The fraction of sp³-hybridized carbons (Fsp3) is 0.391. The third-order valence-electron chi connectivity index (χ3n) is 5.32. The standard InChI is InChI=1S/C23H28ClN3O4/c1-4-26-10-12-27(13-11-26)20-8-6-16(23(29)31-5-2)14-19(20)25-22(28)18-15-17(24)7-9-21(18)30-3/h6-9,14-15H,4-5,10-13H2,1-3H3,(H,25,28). The molecule has 0 unspecified atom stereocenters. The monoisotopic (exact) mass is 445 g/mol. The normalized spacial score (nSPS) is 14.3. The summed E-state index contributed by atoms with van der Waals surface area (Å²) in [6, 6.07) is 10.1. The Bertz CT molecular complexity index is 942. The summed E-state index contributed by atoms with van der Waals surface area (Å²) in [6.45, 7) is 8.72. The van der Waals surface area contributed by atoms with E-state index in [2.05, 4.69) is 22.0 Å². The number of amides is 1. The van der Waals surface area contributed by atoms with E-state index in [1.54, 1.807) is 37.3 Å². The van der Waals surface area contributed by atoms with E-state index in [0.29, 0.717) is 27.6 Å². The number of piperazine rings is 1. The van der Waals surface area contributed by atoms with Crippen LogP contribution in [0.3, 0.4) is 0 Å². The molecule has 166 valence electrons. The maximum Gasteiger partial charge on any atom is 0.338 e. The molecule has 0 saturated carbocycles. The Balaban J connectivity index is 1.93. The second-order valence-corrected chi connectivity index (χ2v) is 7.61. The molecule has 1 heterocycles. The lowest BCUT2D eigenvalue weighted by Crippen LogP contribution is -2.46. The number of nitrogens with one attached hydrogen (secondary N) is 1. The van der Waals surface area contributed by atoms with Gasteiger partial charge in [0.1, 0.15) is 5.75 Å². The number of methoxy groups -OCH3 is 1. The second kappa shape index (κ2) is 10.5. The molecule has 2 aromatic rings. The summed E-state index contributed by atoms with van der Waals surface area (Å²) in [7, 11) is 1.50. The van der Waals surface area contributed by atoms with Gasteiger partial charge in [-0.2, -0.15) is 0 Å². The van der Waals surface area contributed by atoms with Crippen LogP contribution in [0.1, 0.15) is 34.6 Å². The number of esters is 1. The Kier molecular flexibility index (Phi) is 7.76. The molecule has 0 spiro atoms. The molecule has 0 radical (unpaired) electrons. The number of rotatable bonds is 7. The third kappa shape index (κ3) is 5.48. The van der Waals surface area contributed by atoms with Crippen LogP contribution in [0, 0.1) is 0 Å². The number of carbonyl (C=O) groups excluding carboxylic acids is 2. The molecule has 0 atom stereocenters. The van der Waals surface area contributed by atoms with E-state index in [0.717, 1.165) is 38.4 Å². The van der Waals surface area contributed by atoms with E-state index in [-0.39, 0.29) is 12.5 Å². The molecule has 2 aromatic carbocycles. The van der Waals surface area contributed by atoms with E-state index >= 15 is 0 Å². The summed E-state index contributed by atoms with van der Waals surface area (Å²) in [5.74, 6) is -0.379. The largest absolute Gasteiger partial charge is 0.496 e. The highest BCUT2D eigenvalue weighted by atomic mass is 35.5. The second-order valence-electron chi connectivity index (χ2n) is 7.17. The van der Waals surface area contributed by atoms with Gasteiger partial charge in [0.05, 0.1) is 36.2 Å². The van der Waals surface area contributed by atoms with Crippen molar-refractivity contribution < 1.29 is 19.1 Å². The third-order valence-corrected chi connectivity index (χ3v) is 5.56. The smallest absolute Gasteiger partial charge is 0.338 e. The zero-order valence-electron chi connectivity index (χ0n) is 18.1. The lowest BCUT2D eigenvalue weighted by Gasteiger charge is -2.36. The summed E-state index contributed by atoms with van der Waals surface area (Å²) in [5.41, 5.74) is 2.10. The van der Waals surface area contributed by atoms with E-state index in [1.165, 1.54) is 7.11 Å². The number of likely N-dealkylation sites (N-methyl/N-ethyl adjacent to an activating group) is 1. The zero-order chi connectivity index (χ0) is 22.4. The molecule has 1 saturated heterocycles. The van der Waals surface area contributed by atoms with E-state index in [4.69, 9.17) is 21.1 Å². The molecule has 0 bridgehead atoms. The van der Waals surface area contributed by atoms with Gasteiger partial charge in [-0.25, -0.2) is 4.79 Å². The van der Waals surface area contributed by atoms with Gasteiger partial charge in [0, 0.05) is 31.2 Å². The van der Waals surface area contributed by atoms with Crippen LogP contribution >= 0.6 is 11.6 Å². The van der Waals surface area contributed by atoms with Crippen molar-refractivity contribution in [2.75, 3.05) is 56.7 Å². The average Bonchev–Trinajstić information content (AvgIpc) is 2.79. The molecule has 1 N–H and O–H groups in total. The zero-order valence-corrected chi connectivity index (χ0v) is 18.9. The molecule has 0 aliphatic carbocycles. The predicted octanol–water partition coefficient (Wildman–Crippen LogP) is 3.92. The number of benzene rings is 2. The van der Waals surface area contributed by atoms with Crippen molar-refractivity contribution in [1.82, 2.24) is 4.90 Å². The summed E-state index contributed by atoms with van der Waals surface area (Å²) >= 11 is 6.09. The number of anilines is 2. The van der Waals surface area contributed by atoms with Gasteiger partial charge in [-0.05, 0) is 49.9 Å². The van der Waals surface area contributed by atoms with Crippen LogP contribution in [0.4, 0.5) is 11.4 Å². The van der Waals surface area contributed by atoms with Gasteiger partial charge in [-0.1, -0.05) is 18.5 Å². The van der Waals surface area contributed by atoms with E-state index in [1.807, 2.05) is 6.07 Å². The number of nitrogens with zero attached hydrogens (tertiary/aromatic N) is 2. The summed E-state index contributed by atoms with van der Waals surface area (Å²) in [5, 5.41) is 3.38. The molecule has 1 aliphatic rings. The Morgan fingerprint density at radius 2 is 1.81 bits per heavy atom. The van der Waals surface area contributed by atoms with Gasteiger partial charge in [0.2, 0.25) is 0 Å². The van der Waals surface area contributed by atoms with Crippen LogP contribution in [0.25, 0.3) is 0 Å². The van der Waals surface area contributed by atoms with Gasteiger partial charge in [-0.3, -0.25) is 4.79 Å². The Hall–Kier alpha value is -2.77. The van der Waals surface area contributed by atoms with Crippen molar-refractivity contribution in [2.24, 2.45) is 0 Å². The molecule has 1 fully saturated rings. The number of halogens is 1. The van der Waals surface area contributed by atoms with Crippen LogP contribution in [0.5, 0.6) is 5.75 Å². The molecule has 7 nitrogen and oxygen atoms in total. The Labute approximate surface area is 187 Å². The van der Waals surface area contributed by atoms with Crippen LogP contribution in [0.15, 0.2) is 36.4 Å². The lowest BCUT2D eigenvalue weighted by atomic mass is 10.1. The molecule has 0 aromatic heterocycles. The maximum atomic E-state index is 13.1. The minimum atomic E-state index is -0.430. The average molecular weight is 446 g/mol. The van der Waals surface area contributed by atoms with Crippen LogP contribution in [-0.4, -0.2) is 63.2 Å². The Morgan fingerprint density at radius 3 is 2.45 bits per heavy atom. The van der Waals surface area contributed by atoms with Gasteiger partial charge in [-0.15, -0.1) is 0 Å². The summed E-state index contributed by atoms with van der Waals surface area (Å²) in [6.07, 6.45) is 0. The van der Waals surface area contributed by atoms with Crippen molar-refractivity contribution in [3.05, 3.63) is 52.5 Å². The first kappa shape index (κ1) is 22.9. The lowest BCUT2D eigenvalue weighted by molar-refractivity contribution is 0.0526. The summed E-state index contributed by atoms with van der Waals surface area (Å²) < 4.78 is 10.4. The predicted molar refractivity (Wildman–Crippen MR) is 123 cm³/mol. The van der Waals surface area contributed by atoms with Gasteiger partial charge in [0.15, 0.2) is 0 Å². The summed E-state index contributed by atoms with van der Waals surface area (Å²) in [4.78, 5) is 30.0. The molecule has 1 amide bonds. The minimum absolute atomic E-state index is 0.279. The van der Waals surface area contributed by atoms with Crippen molar-refractivity contribution >= 4 is 34.9 Å². The highest BCUT2D eigenvalue weighted by Crippen LogP contribution is 2.31. The van der Waals surface area contributed by atoms with Crippen molar-refractivity contribution in [3.63, 3.8) is 0 Å². The molecular weight excluding hydrogens is 418 g/mol.